The van der Waals surface area contributed by atoms with Crippen molar-refractivity contribution in [2.75, 3.05) is 39.5 Å². The Morgan fingerprint density at radius 1 is 1.03 bits per heavy atom. The number of piperidine rings is 1. The number of carbonyl (C=O) groups is 2. The first-order valence-electron chi connectivity index (χ1n) is 13.2. The summed E-state index contributed by atoms with van der Waals surface area (Å²) in [6, 6.07) is 17.2. The van der Waals surface area contributed by atoms with Gasteiger partial charge in [0.15, 0.2) is 5.17 Å². The van der Waals surface area contributed by atoms with Crippen molar-refractivity contribution in [1.82, 2.24) is 9.80 Å². The predicted molar refractivity (Wildman–Crippen MR) is 159 cm³/mol. The lowest BCUT2D eigenvalue weighted by atomic mass is 10.0. The molecule has 1 heterocycles. The van der Waals surface area contributed by atoms with Crippen LogP contribution in [0.2, 0.25) is 0 Å². The van der Waals surface area contributed by atoms with Crippen LogP contribution in [0.15, 0.2) is 65.7 Å². The van der Waals surface area contributed by atoms with Gasteiger partial charge in [0, 0.05) is 38.3 Å². The molecule has 2 aromatic carbocycles. The van der Waals surface area contributed by atoms with E-state index in [1.807, 2.05) is 18.2 Å². The summed E-state index contributed by atoms with van der Waals surface area (Å²) < 4.78 is 5.93. The zero-order valence-corrected chi connectivity index (χ0v) is 24.2. The number of benzene rings is 2. The number of aliphatic imine (C=N–C) groups is 1. The van der Waals surface area contributed by atoms with Gasteiger partial charge in [-0.2, -0.15) is 0 Å². The lowest BCUT2D eigenvalue weighted by Gasteiger charge is -2.37. The van der Waals surface area contributed by atoms with Crippen molar-refractivity contribution in [2.24, 2.45) is 4.99 Å². The lowest BCUT2D eigenvalue weighted by Crippen LogP contribution is -2.45. The van der Waals surface area contributed by atoms with Gasteiger partial charge < -0.3 is 24.7 Å². The summed E-state index contributed by atoms with van der Waals surface area (Å²) in [5.74, 6) is -1.52. The highest BCUT2D eigenvalue weighted by Crippen LogP contribution is 2.22. The summed E-state index contributed by atoms with van der Waals surface area (Å²) in [6.45, 7) is 8.58. The Hall–Kier alpha value is -3.30. The SMILES string of the molecule is CSC(=Nc1ccccc1)N(C)C1CCN(CCCCOc2ccc(C)c(C)c2)CC1.O=C(O)C=CC(=O)O. The van der Waals surface area contributed by atoms with Crippen molar-refractivity contribution in [3.8, 4) is 5.75 Å². The normalized spacial score (nSPS) is 14.5. The number of carboxylic acids is 2. The number of aryl methyl sites for hydroxylation is 2. The highest BCUT2D eigenvalue weighted by atomic mass is 32.2. The molecule has 0 bridgehead atoms. The standard InChI is InChI=1S/C26H37N3OS.C4H4O4/c1-21-12-13-25(20-22(21)2)30-19-9-8-16-29-17-14-24(15-18-29)28(3)26(31-4)27-23-10-6-5-7-11-23;5-3(6)1-2-4(7)8/h5-7,10-13,20,24H,8-9,14-19H2,1-4H3;1-2H,(H,5,6)(H,7,8). The van der Waals surface area contributed by atoms with Gasteiger partial charge in [-0.1, -0.05) is 36.0 Å². The molecule has 2 N–H and O–H groups in total. The molecule has 0 radical (unpaired) electrons. The van der Waals surface area contributed by atoms with Gasteiger partial charge in [0.05, 0.1) is 12.3 Å². The van der Waals surface area contributed by atoms with E-state index in [-0.39, 0.29) is 0 Å². The van der Waals surface area contributed by atoms with Gasteiger partial charge >= 0.3 is 11.9 Å². The monoisotopic (exact) mass is 555 g/mol. The van der Waals surface area contributed by atoms with E-state index >= 15 is 0 Å². The summed E-state index contributed by atoms with van der Waals surface area (Å²) in [7, 11) is 2.20. The molecular weight excluding hydrogens is 514 g/mol. The predicted octanol–water partition coefficient (Wildman–Crippen LogP) is 5.62. The number of thioether (sulfide) groups is 1. The second-order valence-corrected chi connectivity index (χ2v) is 10.2. The Morgan fingerprint density at radius 3 is 2.23 bits per heavy atom. The molecule has 0 atom stereocenters. The summed E-state index contributed by atoms with van der Waals surface area (Å²) in [5, 5.41) is 16.7. The number of hydrogen-bond acceptors (Lipinski definition) is 6. The Bertz CT molecular complexity index is 1080. The fourth-order valence-electron chi connectivity index (χ4n) is 4.14. The molecule has 0 amide bonds. The van der Waals surface area contributed by atoms with Crippen LogP contribution in [0, 0.1) is 13.8 Å². The third-order valence-electron chi connectivity index (χ3n) is 6.55. The van der Waals surface area contributed by atoms with Crippen LogP contribution >= 0.6 is 11.8 Å². The van der Waals surface area contributed by atoms with E-state index in [9.17, 15) is 9.59 Å². The lowest BCUT2D eigenvalue weighted by molar-refractivity contribution is -0.134. The highest BCUT2D eigenvalue weighted by molar-refractivity contribution is 8.13. The first-order chi connectivity index (χ1) is 18.7. The Balaban J connectivity index is 0.000000580. The third-order valence-corrected chi connectivity index (χ3v) is 7.30. The molecule has 212 valence electrons. The molecule has 1 aliphatic rings. The number of amidine groups is 1. The Kier molecular flexibility index (Phi) is 14.2. The number of unbranched alkanes of at least 4 members (excludes halogenated alkanes) is 1. The minimum absolute atomic E-state index is 0.558. The van der Waals surface area contributed by atoms with E-state index in [0.29, 0.717) is 18.2 Å². The molecule has 0 aromatic heterocycles. The summed E-state index contributed by atoms with van der Waals surface area (Å²) in [6.07, 6.45) is 7.93. The second kappa shape index (κ2) is 17.3. The first-order valence-corrected chi connectivity index (χ1v) is 14.4. The number of hydrogen-bond donors (Lipinski definition) is 2. The fraction of sp³-hybridized carbons (Fsp3) is 0.433. The van der Waals surface area contributed by atoms with Gasteiger partial charge in [-0.05, 0) is 87.7 Å². The fourth-order valence-corrected chi connectivity index (χ4v) is 4.78. The minimum Gasteiger partial charge on any atom is -0.494 e. The van der Waals surface area contributed by atoms with Crippen molar-refractivity contribution >= 4 is 34.6 Å². The Morgan fingerprint density at radius 2 is 1.67 bits per heavy atom. The van der Waals surface area contributed by atoms with Gasteiger partial charge in [-0.15, -0.1) is 0 Å². The van der Waals surface area contributed by atoms with Crippen LogP contribution in [0.4, 0.5) is 5.69 Å². The molecule has 3 rings (SSSR count). The molecule has 8 nitrogen and oxygen atoms in total. The van der Waals surface area contributed by atoms with Crippen LogP contribution in [-0.4, -0.2) is 82.7 Å². The van der Waals surface area contributed by atoms with E-state index in [1.54, 1.807) is 11.8 Å². The van der Waals surface area contributed by atoms with E-state index in [2.05, 4.69) is 67.3 Å². The van der Waals surface area contributed by atoms with Gasteiger partial charge in [0.1, 0.15) is 5.75 Å². The zero-order valence-electron chi connectivity index (χ0n) is 23.4. The topological polar surface area (TPSA) is 103 Å². The number of ether oxygens (including phenoxy) is 1. The van der Waals surface area contributed by atoms with Crippen LogP contribution in [0.3, 0.4) is 0 Å². The molecule has 0 spiro atoms. The average molecular weight is 556 g/mol. The molecule has 1 saturated heterocycles. The maximum atomic E-state index is 9.55. The van der Waals surface area contributed by atoms with Crippen molar-refractivity contribution < 1.29 is 24.5 Å². The smallest absolute Gasteiger partial charge is 0.328 e. The molecule has 2 aromatic rings. The minimum atomic E-state index is -1.26. The maximum absolute atomic E-state index is 9.55. The highest BCUT2D eigenvalue weighted by Gasteiger charge is 2.24. The number of nitrogens with zero attached hydrogens (tertiary/aromatic N) is 3. The van der Waals surface area contributed by atoms with Crippen molar-refractivity contribution in [3.63, 3.8) is 0 Å². The third kappa shape index (κ3) is 12.4. The second-order valence-electron chi connectivity index (χ2n) is 9.43. The van der Waals surface area contributed by atoms with Crippen LogP contribution in [0.25, 0.3) is 0 Å². The Labute approximate surface area is 236 Å². The number of carboxylic acid groups (broad SMARTS) is 2. The van der Waals surface area contributed by atoms with Crippen LogP contribution in [0.5, 0.6) is 5.75 Å². The summed E-state index contributed by atoms with van der Waals surface area (Å²) in [4.78, 5) is 28.9. The molecule has 0 aliphatic carbocycles. The number of rotatable bonds is 10. The van der Waals surface area contributed by atoms with E-state index in [0.717, 1.165) is 29.6 Å². The molecule has 9 heteroatoms. The number of likely N-dealkylation sites (tertiary alicyclic amines) is 1. The number of para-hydroxylation sites is 1. The summed E-state index contributed by atoms with van der Waals surface area (Å²) in [5.41, 5.74) is 3.64. The first kappa shape index (κ1) is 31.9. The van der Waals surface area contributed by atoms with Crippen molar-refractivity contribution in [2.45, 2.75) is 45.6 Å². The van der Waals surface area contributed by atoms with Gasteiger partial charge in [-0.3, -0.25) is 0 Å². The molecule has 0 saturated carbocycles. The number of aliphatic carboxylic acids is 2. The molecule has 1 aliphatic heterocycles. The van der Waals surface area contributed by atoms with Crippen LogP contribution in [0.1, 0.15) is 36.8 Å². The van der Waals surface area contributed by atoms with Gasteiger partial charge in [0.2, 0.25) is 0 Å². The molecule has 39 heavy (non-hydrogen) atoms. The maximum Gasteiger partial charge on any atom is 0.328 e. The van der Waals surface area contributed by atoms with Crippen LogP contribution in [-0.2, 0) is 9.59 Å². The van der Waals surface area contributed by atoms with E-state index in [1.165, 1.54) is 50.0 Å². The van der Waals surface area contributed by atoms with Gasteiger partial charge in [-0.25, -0.2) is 14.6 Å². The van der Waals surface area contributed by atoms with Crippen LogP contribution < -0.4 is 4.74 Å². The zero-order chi connectivity index (χ0) is 28.6. The molecular formula is C30H41N3O5S. The molecule has 0 unspecified atom stereocenters. The molecule has 1 fully saturated rings. The van der Waals surface area contributed by atoms with Gasteiger partial charge in [0.25, 0.3) is 0 Å². The van der Waals surface area contributed by atoms with E-state index < -0.39 is 11.9 Å². The van der Waals surface area contributed by atoms with Crippen molar-refractivity contribution in [1.29, 1.82) is 0 Å². The van der Waals surface area contributed by atoms with Crippen molar-refractivity contribution in [3.05, 3.63) is 71.8 Å². The van der Waals surface area contributed by atoms with E-state index in [4.69, 9.17) is 19.9 Å². The summed E-state index contributed by atoms with van der Waals surface area (Å²) >= 11 is 1.73. The average Bonchev–Trinajstić information content (AvgIpc) is 2.93. The largest absolute Gasteiger partial charge is 0.494 e. The quantitative estimate of drug-likeness (QED) is 0.169.